The third-order valence-corrected chi connectivity index (χ3v) is 3.63. The van der Waals surface area contributed by atoms with Gasteiger partial charge in [-0.3, -0.25) is 4.90 Å². The predicted molar refractivity (Wildman–Crippen MR) is 84.8 cm³/mol. The lowest BCUT2D eigenvalue weighted by Gasteiger charge is -2.26. The number of likely N-dealkylation sites (N-methyl/N-ethyl adjacent to an activating group) is 1. The maximum absolute atomic E-state index is 5.82. The lowest BCUT2D eigenvalue weighted by Crippen LogP contribution is -2.35. The van der Waals surface area contributed by atoms with Gasteiger partial charge in [0.25, 0.3) is 0 Å². The molecule has 1 aromatic carbocycles. The molecule has 1 rings (SSSR count). The molecule has 0 heterocycles. The van der Waals surface area contributed by atoms with Crippen LogP contribution in [0.3, 0.4) is 0 Å². The summed E-state index contributed by atoms with van der Waals surface area (Å²) in [4.78, 5) is 2.79. The number of thiocarbonyl (C=S) groups is 1. The van der Waals surface area contributed by atoms with Gasteiger partial charge in [-0.1, -0.05) is 38.2 Å². The van der Waals surface area contributed by atoms with Crippen LogP contribution in [0, 0.1) is 0 Å². The minimum Gasteiger partial charge on any atom is -0.492 e. The van der Waals surface area contributed by atoms with Crippen LogP contribution in [0.4, 0.5) is 0 Å². The van der Waals surface area contributed by atoms with Gasteiger partial charge in [-0.2, -0.15) is 0 Å². The number of para-hydroxylation sites is 1. The number of ether oxygens (including phenoxy) is 1. The Morgan fingerprint density at radius 3 is 2.63 bits per heavy atom. The number of nitrogens with two attached hydrogens (primary N) is 1. The van der Waals surface area contributed by atoms with E-state index in [1.807, 2.05) is 24.3 Å². The summed E-state index contributed by atoms with van der Waals surface area (Å²) >= 11 is 5.02. The van der Waals surface area contributed by atoms with Crippen molar-refractivity contribution >= 4 is 17.2 Å². The highest BCUT2D eigenvalue weighted by Crippen LogP contribution is 2.17. The molecule has 4 heteroatoms. The van der Waals surface area contributed by atoms with Crippen molar-refractivity contribution in [2.75, 3.05) is 19.7 Å². The molecule has 0 aliphatic carbocycles. The third kappa shape index (κ3) is 4.80. The standard InChI is InChI=1S/C15H24N2OS/c1-4-12(3)17(5-2)10-11-18-14-9-7-6-8-13(14)15(16)19/h6-9,12H,4-5,10-11H2,1-3H3,(H2,16,19). The van der Waals surface area contributed by atoms with Gasteiger partial charge in [-0.05, 0) is 32.0 Å². The molecule has 1 unspecified atom stereocenters. The van der Waals surface area contributed by atoms with Crippen LogP contribution in [-0.4, -0.2) is 35.6 Å². The van der Waals surface area contributed by atoms with E-state index in [9.17, 15) is 0 Å². The Morgan fingerprint density at radius 2 is 2.05 bits per heavy atom. The van der Waals surface area contributed by atoms with E-state index >= 15 is 0 Å². The van der Waals surface area contributed by atoms with E-state index in [0.29, 0.717) is 17.6 Å². The Balaban J connectivity index is 2.55. The quantitative estimate of drug-likeness (QED) is 0.743. The molecule has 0 aliphatic heterocycles. The van der Waals surface area contributed by atoms with Crippen LogP contribution < -0.4 is 10.5 Å². The van der Waals surface area contributed by atoms with Gasteiger partial charge in [-0.15, -0.1) is 0 Å². The molecular weight excluding hydrogens is 256 g/mol. The lowest BCUT2D eigenvalue weighted by atomic mass is 10.2. The highest BCUT2D eigenvalue weighted by Gasteiger charge is 2.10. The van der Waals surface area contributed by atoms with Crippen molar-refractivity contribution in [1.29, 1.82) is 0 Å². The summed E-state index contributed by atoms with van der Waals surface area (Å²) in [5, 5.41) is 0. The maximum Gasteiger partial charge on any atom is 0.129 e. The fraction of sp³-hybridized carbons (Fsp3) is 0.533. The molecule has 0 saturated carbocycles. The molecule has 0 aliphatic rings. The zero-order valence-electron chi connectivity index (χ0n) is 12.1. The molecule has 1 atom stereocenters. The summed E-state index contributed by atoms with van der Waals surface area (Å²) in [6.45, 7) is 9.22. The Hall–Kier alpha value is -1.13. The summed E-state index contributed by atoms with van der Waals surface area (Å²) in [7, 11) is 0. The van der Waals surface area contributed by atoms with Crippen LogP contribution in [0.25, 0.3) is 0 Å². The van der Waals surface area contributed by atoms with Crippen molar-refractivity contribution in [2.45, 2.75) is 33.2 Å². The van der Waals surface area contributed by atoms with Gasteiger partial charge in [0, 0.05) is 12.6 Å². The smallest absolute Gasteiger partial charge is 0.129 e. The lowest BCUT2D eigenvalue weighted by molar-refractivity contribution is 0.171. The zero-order chi connectivity index (χ0) is 14.3. The fourth-order valence-corrected chi connectivity index (χ4v) is 2.19. The molecule has 0 amide bonds. The average Bonchev–Trinajstić information content (AvgIpc) is 2.43. The molecule has 2 N–H and O–H groups in total. The maximum atomic E-state index is 5.82. The Kier molecular flexibility index (Phi) is 6.81. The molecule has 0 spiro atoms. The third-order valence-electron chi connectivity index (χ3n) is 3.41. The predicted octanol–water partition coefficient (Wildman–Crippen LogP) is 2.82. The van der Waals surface area contributed by atoms with E-state index in [4.69, 9.17) is 22.7 Å². The van der Waals surface area contributed by atoms with Crippen LogP contribution in [0.2, 0.25) is 0 Å². The van der Waals surface area contributed by atoms with Crippen molar-refractivity contribution < 1.29 is 4.74 Å². The topological polar surface area (TPSA) is 38.5 Å². The van der Waals surface area contributed by atoms with Crippen LogP contribution in [0.5, 0.6) is 5.75 Å². The summed E-state index contributed by atoms with van der Waals surface area (Å²) in [5.74, 6) is 0.773. The van der Waals surface area contributed by atoms with Crippen LogP contribution in [0.15, 0.2) is 24.3 Å². The minimum atomic E-state index is 0.380. The highest BCUT2D eigenvalue weighted by atomic mass is 32.1. The van der Waals surface area contributed by atoms with Crippen molar-refractivity contribution in [3.63, 3.8) is 0 Å². The van der Waals surface area contributed by atoms with Crippen LogP contribution in [-0.2, 0) is 0 Å². The molecule has 0 fully saturated rings. The number of benzene rings is 1. The first-order chi connectivity index (χ1) is 9.10. The van der Waals surface area contributed by atoms with E-state index < -0.39 is 0 Å². The second-order valence-corrected chi connectivity index (χ2v) is 5.03. The summed E-state index contributed by atoms with van der Waals surface area (Å²) in [6.07, 6.45) is 1.15. The van der Waals surface area contributed by atoms with Crippen molar-refractivity contribution in [3.8, 4) is 5.75 Å². The Bertz CT molecular complexity index is 409. The van der Waals surface area contributed by atoms with E-state index in [0.717, 1.165) is 30.8 Å². The summed E-state index contributed by atoms with van der Waals surface area (Å²) in [5.41, 5.74) is 6.49. The average molecular weight is 280 g/mol. The van der Waals surface area contributed by atoms with Crippen LogP contribution in [0.1, 0.15) is 32.8 Å². The van der Waals surface area contributed by atoms with Gasteiger partial charge >= 0.3 is 0 Å². The Labute approximate surface area is 121 Å². The first-order valence-corrected chi connectivity index (χ1v) is 7.26. The van der Waals surface area contributed by atoms with Crippen molar-refractivity contribution in [1.82, 2.24) is 4.90 Å². The van der Waals surface area contributed by atoms with Gasteiger partial charge < -0.3 is 10.5 Å². The second-order valence-electron chi connectivity index (χ2n) is 4.59. The monoisotopic (exact) mass is 280 g/mol. The van der Waals surface area contributed by atoms with Gasteiger partial charge in [0.15, 0.2) is 0 Å². The molecule has 3 nitrogen and oxygen atoms in total. The first kappa shape index (κ1) is 15.9. The Morgan fingerprint density at radius 1 is 1.37 bits per heavy atom. The first-order valence-electron chi connectivity index (χ1n) is 6.85. The molecule has 0 bridgehead atoms. The van der Waals surface area contributed by atoms with E-state index in [1.54, 1.807) is 0 Å². The molecule has 106 valence electrons. The van der Waals surface area contributed by atoms with Crippen molar-refractivity contribution in [3.05, 3.63) is 29.8 Å². The molecule has 0 aromatic heterocycles. The van der Waals surface area contributed by atoms with E-state index in [2.05, 4.69) is 25.7 Å². The van der Waals surface area contributed by atoms with E-state index in [1.165, 1.54) is 0 Å². The largest absolute Gasteiger partial charge is 0.492 e. The molecular formula is C15H24N2OS. The number of hydrogen-bond acceptors (Lipinski definition) is 3. The van der Waals surface area contributed by atoms with Gasteiger partial charge in [-0.25, -0.2) is 0 Å². The van der Waals surface area contributed by atoms with Crippen LogP contribution >= 0.6 is 12.2 Å². The number of hydrogen-bond donors (Lipinski definition) is 1. The normalized spacial score (nSPS) is 12.4. The van der Waals surface area contributed by atoms with Gasteiger partial charge in [0.2, 0.25) is 0 Å². The fourth-order valence-electron chi connectivity index (χ4n) is 2.02. The zero-order valence-corrected chi connectivity index (χ0v) is 12.9. The van der Waals surface area contributed by atoms with Crippen molar-refractivity contribution in [2.24, 2.45) is 5.73 Å². The van der Waals surface area contributed by atoms with E-state index in [-0.39, 0.29) is 0 Å². The SMILES string of the molecule is CCC(C)N(CC)CCOc1ccccc1C(N)=S. The highest BCUT2D eigenvalue weighted by molar-refractivity contribution is 7.80. The van der Waals surface area contributed by atoms with Gasteiger partial charge in [0.1, 0.15) is 17.3 Å². The second kappa shape index (κ2) is 8.12. The molecule has 19 heavy (non-hydrogen) atoms. The van der Waals surface area contributed by atoms with Gasteiger partial charge in [0.05, 0.1) is 5.56 Å². The number of rotatable bonds is 8. The molecule has 0 radical (unpaired) electrons. The summed E-state index contributed by atoms with van der Waals surface area (Å²) < 4.78 is 5.82. The molecule has 1 aromatic rings. The number of nitrogens with zero attached hydrogens (tertiary/aromatic N) is 1. The minimum absolute atomic E-state index is 0.380. The molecule has 0 saturated heterocycles. The summed E-state index contributed by atoms with van der Waals surface area (Å²) in [6, 6.07) is 8.24.